The van der Waals surface area contributed by atoms with E-state index in [0.29, 0.717) is 23.7 Å². The van der Waals surface area contributed by atoms with E-state index in [1.165, 1.54) is 16.0 Å². The van der Waals surface area contributed by atoms with E-state index >= 15 is 0 Å². The van der Waals surface area contributed by atoms with E-state index in [9.17, 15) is 14.7 Å². The highest BCUT2D eigenvalue weighted by Gasteiger charge is 2.57. The fourth-order valence-electron chi connectivity index (χ4n) is 6.12. The van der Waals surface area contributed by atoms with Gasteiger partial charge in [0.1, 0.15) is 5.75 Å². The van der Waals surface area contributed by atoms with E-state index in [4.69, 9.17) is 16.3 Å². The number of allylic oxidation sites excluding steroid dienone is 2. The number of imide groups is 1. The van der Waals surface area contributed by atoms with Crippen molar-refractivity contribution in [2.75, 3.05) is 11.5 Å². The largest absolute Gasteiger partial charge is 0.508 e. The second-order valence-corrected chi connectivity index (χ2v) is 10.9. The van der Waals surface area contributed by atoms with Crippen LogP contribution in [-0.4, -0.2) is 29.6 Å². The molecule has 2 saturated heterocycles. The number of amides is 2. The summed E-state index contributed by atoms with van der Waals surface area (Å²) in [7, 11) is 0. The van der Waals surface area contributed by atoms with Crippen LogP contribution < -0.4 is 4.90 Å². The molecule has 36 heavy (non-hydrogen) atoms. The lowest BCUT2D eigenvalue weighted by atomic mass is 9.67. The van der Waals surface area contributed by atoms with Crippen LogP contribution >= 0.6 is 11.6 Å². The SMILES string of the molecule is C/C(=C\c1ccc(O)cc1Cl)CC[C@H]1OC[C@H]2C1=C(C(C)C)C[C@H]1C(=O)N(c3ccccc3)C(=O)[C@H]12. The van der Waals surface area contributed by atoms with Gasteiger partial charge in [-0.1, -0.05) is 60.9 Å². The molecular formula is C30H32ClNO4. The zero-order valence-electron chi connectivity index (χ0n) is 20.9. The molecule has 188 valence electrons. The van der Waals surface area contributed by atoms with Crippen molar-refractivity contribution in [3.63, 3.8) is 0 Å². The van der Waals surface area contributed by atoms with Gasteiger partial charge in [-0.3, -0.25) is 14.5 Å². The Balaban J connectivity index is 1.38. The quantitative estimate of drug-likeness (QED) is 0.364. The Kier molecular flexibility index (Phi) is 6.80. The number of hydrogen-bond acceptors (Lipinski definition) is 4. The number of hydrogen-bond donors (Lipinski definition) is 1. The normalized spacial score (nSPS) is 26.1. The van der Waals surface area contributed by atoms with Crippen LogP contribution in [0, 0.1) is 23.7 Å². The van der Waals surface area contributed by atoms with Crippen molar-refractivity contribution in [2.45, 2.75) is 46.1 Å². The number of nitrogens with zero attached hydrogens (tertiary/aromatic N) is 1. The summed E-state index contributed by atoms with van der Waals surface area (Å²) < 4.78 is 6.33. The molecule has 2 fully saturated rings. The molecule has 5 nitrogen and oxygen atoms in total. The van der Waals surface area contributed by atoms with Crippen molar-refractivity contribution in [2.24, 2.45) is 23.7 Å². The van der Waals surface area contributed by atoms with Crippen LogP contribution in [0.4, 0.5) is 5.69 Å². The average Bonchev–Trinajstić information content (AvgIpc) is 3.38. The van der Waals surface area contributed by atoms with Gasteiger partial charge in [-0.05, 0) is 73.6 Å². The topological polar surface area (TPSA) is 66.8 Å². The zero-order chi connectivity index (χ0) is 25.6. The summed E-state index contributed by atoms with van der Waals surface area (Å²) in [5.41, 5.74) is 5.22. The van der Waals surface area contributed by atoms with Gasteiger partial charge in [-0.2, -0.15) is 0 Å². The molecule has 2 aromatic rings. The number of fused-ring (bicyclic) bond motifs is 3. The Hall–Kier alpha value is -2.89. The Labute approximate surface area is 217 Å². The van der Waals surface area contributed by atoms with Crippen molar-refractivity contribution >= 4 is 35.2 Å². The van der Waals surface area contributed by atoms with Crippen LogP contribution in [0.5, 0.6) is 5.75 Å². The summed E-state index contributed by atoms with van der Waals surface area (Å²) in [6.45, 7) is 6.89. The number of halogens is 1. The van der Waals surface area contributed by atoms with Crippen LogP contribution in [0.1, 0.15) is 45.6 Å². The van der Waals surface area contributed by atoms with E-state index in [-0.39, 0.29) is 47.3 Å². The highest BCUT2D eigenvalue weighted by atomic mass is 35.5. The highest BCUT2D eigenvalue weighted by Crippen LogP contribution is 2.51. The molecule has 3 aliphatic rings. The molecule has 0 aromatic heterocycles. The molecule has 0 spiro atoms. The first kappa shape index (κ1) is 24.8. The van der Waals surface area contributed by atoms with E-state index in [1.807, 2.05) is 42.5 Å². The van der Waals surface area contributed by atoms with Crippen molar-refractivity contribution < 1.29 is 19.4 Å². The number of rotatable bonds is 6. The monoisotopic (exact) mass is 505 g/mol. The summed E-state index contributed by atoms with van der Waals surface area (Å²) in [5, 5.41) is 10.1. The highest BCUT2D eigenvalue weighted by molar-refractivity contribution is 6.32. The van der Waals surface area contributed by atoms with Crippen LogP contribution in [0.2, 0.25) is 5.02 Å². The lowest BCUT2D eigenvalue weighted by Crippen LogP contribution is -2.35. The molecule has 2 aromatic carbocycles. The molecule has 0 saturated carbocycles. The van der Waals surface area contributed by atoms with E-state index < -0.39 is 0 Å². The number of aromatic hydroxyl groups is 1. The molecule has 4 atom stereocenters. The van der Waals surface area contributed by atoms with Crippen molar-refractivity contribution in [1.82, 2.24) is 0 Å². The molecule has 0 radical (unpaired) electrons. The van der Waals surface area contributed by atoms with Gasteiger partial charge in [0.05, 0.1) is 35.3 Å². The number of phenolic OH excluding ortho intramolecular Hbond substituents is 1. The second-order valence-electron chi connectivity index (χ2n) is 10.5. The summed E-state index contributed by atoms with van der Waals surface area (Å²) >= 11 is 6.28. The van der Waals surface area contributed by atoms with Gasteiger partial charge in [-0.25, -0.2) is 0 Å². The van der Waals surface area contributed by atoms with Gasteiger partial charge in [0.25, 0.3) is 0 Å². The maximum Gasteiger partial charge on any atom is 0.238 e. The third-order valence-corrected chi connectivity index (χ3v) is 8.17. The lowest BCUT2D eigenvalue weighted by Gasteiger charge is -2.33. The predicted molar refractivity (Wildman–Crippen MR) is 142 cm³/mol. The van der Waals surface area contributed by atoms with Gasteiger partial charge >= 0.3 is 0 Å². The Morgan fingerprint density at radius 3 is 2.58 bits per heavy atom. The first-order chi connectivity index (χ1) is 17.3. The predicted octanol–water partition coefficient (Wildman–Crippen LogP) is 6.41. The number of ether oxygens (including phenoxy) is 1. The number of carbonyl (C=O) groups excluding carboxylic acids is 2. The first-order valence-electron chi connectivity index (χ1n) is 12.7. The molecule has 2 amide bonds. The number of carbonyl (C=O) groups is 2. The summed E-state index contributed by atoms with van der Waals surface area (Å²) in [4.78, 5) is 28.4. The second kappa shape index (κ2) is 9.87. The van der Waals surface area contributed by atoms with E-state index in [2.05, 4.69) is 20.8 Å². The molecule has 1 aliphatic carbocycles. The Morgan fingerprint density at radius 1 is 1.14 bits per heavy atom. The van der Waals surface area contributed by atoms with E-state index in [1.54, 1.807) is 12.1 Å². The number of benzene rings is 2. The maximum absolute atomic E-state index is 13.6. The zero-order valence-corrected chi connectivity index (χ0v) is 21.7. The third kappa shape index (κ3) is 4.39. The molecule has 0 bridgehead atoms. The molecule has 0 unspecified atom stereocenters. The molecule has 2 heterocycles. The first-order valence-corrected chi connectivity index (χ1v) is 13.1. The summed E-state index contributed by atoms with van der Waals surface area (Å²) in [6, 6.07) is 14.2. The molecule has 5 rings (SSSR count). The number of para-hydroxylation sites is 1. The minimum Gasteiger partial charge on any atom is -0.508 e. The smallest absolute Gasteiger partial charge is 0.238 e. The maximum atomic E-state index is 13.6. The third-order valence-electron chi connectivity index (χ3n) is 7.84. The fourth-order valence-corrected chi connectivity index (χ4v) is 6.35. The van der Waals surface area contributed by atoms with Gasteiger partial charge < -0.3 is 9.84 Å². The fraction of sp³-hybridized carbons (Fsp3) is 0.400. The van der Waals surface area contributed by atoms with Gasteiger partial charge in [0, 0.05) is 5.92 Å². The lowest BCUT2D eigenvalue weighted by molar-refractivity contribution is -0.122. The van der Waals surface area contributed by atoms with Gasteiger partial charge in [-0.15, -0.1) is 0 Å². The van der Waals surface area contributed by atoms with Gasteiger partial charge in [0.15, 0.2) is 0 Å². The minimum atomic E-state index is -0.354. The van der Waals surface area contributed by atoms with Crippen molar-refractivity contribution in [1.29, 1.82) is 0 Å². The molecular weight excluding hydrogens is 474 g/mol. The minimum absolute atomic E-state index is 0.0489. The summed E-state index contributed by atoms with van der Waals surface area (Å²) in [6.07, 6.45) is 4.24. The Morgan fingerprint density at radius 2 is 1.89 bits per heavy atom. The molecule has 2 aliphatic heterocycles. The average molecular weight is 506 g/mol. The van der Waals surface area contributed by atoms with Gasteiger partial charge in [0.2, 0.25) is 11.8 Å². The number of anilines is 1. The van der Waals surface area contributed by atoms with Crippen LogP contribution in [0.25, 0.3) is 6.08 Å². The van der Waals surface area contributed by atoms with Crippen LogP contribution in [0.3, 0.4) is 0 Å². The van der Waals surface area contributed by atoms with Crippen LogP contribution in [-0.2, 0) is 14.3 Å². The van der Waals surface area contributed by atoms with Crippen molar-refractivity contribution in [3.05, 3.63) is 75.8 Å². The number of phenols is 1. The van der Waals surface area contributed by atoms with E-state index in [0.717, 1.165) is 24.0 Å². The summed E-state index contributed by atoms with van der Waals surface area (Å²) in [5.74, 6) is -0.460. The molecule has 6 heteroatoms. The van der Waals surface area contributed by atoms with Crippen molar-refractivity contribution in [3.8, 4) is 5.75 Å². The Bertz CT molecular complexity index is 1250. The molecule has 1 N–H and O–H groups in total. The van der Waals surface area contributed by atoms with Crippen LogP contribution in [0.15, 0.2) is 65.3 Å². The standard InChI is InChI=1S/C30H32ClNO4/c1-17(2)22-15-23-28(30(35)32(29(23)34)20-7-5-4-6-8-20)24-16-36-26(27(22)24)12-9-18(3)13-19-10-11-21(33)14-25(19)31/h4-8,10-11,13-14,17,23-24,26,28,33H,9,12,15-16H2,1-3H3/b18-13+/t23-,24+,26-,28-/m1/s1.